The summed E-state index contributed by atoms with van der Waals surface area (Å²) in [6, 6.07) is 0. The highest BCUT2D eigenvalue weighted by atomic mass is 19.4. The number of hydrogen-bond donors (Lipinski definition) is 0. The Hall–Kier alpha value is -2.12. The fourth-order valence-electron chi connectivity index (χ4n) is 2.12. The van der Waals surface area contributed by atoms with Gasteiger partial charge in [-0.25, -0.2) is 4.98 Å². The second-order valence-corrected chi connectivity index (χ2v) is 5.45. The molecular formula is C14H15F3N4O. The number of halogens is 3. The molecular weight excluding hydrogens is 297 g/mol. The van der Waals surface area contributed by atoms with Gasteiger partial charge in [0.25, 0.3) is 0 Å². The quantitative estimate of drug-likeness (QED) is 0.871. The molecule has 0 atom stereocenters. The smallest absolute Gasteiger partial charge is 0.435 e. The van der Waals surface area contributed by atoms with Crippen molar-refractivity contribution in [2.45, 2.75) is 25.9 Å². The molecule has 0 aromatic carbocycles. The lowest BCUT2D eigenvalue weighted by molar-refractivity contribution is -0.140. The first-order valence-electron chi connectivity index (χ1n) is 6.92. The van der Waals surface area contributed by atoms with Crippen molar-refractivity contribution < 1.29 is 17.9 Å². The molecule has 0 radical (unpaired) electrons. The van der Waals surface area contributed by atoms with Crippen molar-refractivity contribution in [1.82, 2.24) is 19.7 Å². The molecule has 0 N–H and O–H groups in total. The molecule has 2 heterocycles. The van der Waals surface area contributed by atoms with Crippen molar-refractivity contribution in [1.29, 1.82) is 0 Å². The molecule has 0 amide bonds. The summed E-state index contributed by atoms with van der Waals surface area (Å²) < 4.78 is 46.1. The van der Waals surface area contributed by atoms with E-state index in [9.17, 15) is 13.2 Å². The Kier molecular flexibility index (Phi) is 3.54. The van der Waals surface area contributed by atoms with Gasteiger partial charge < -0.3 is 4.74 Å². The van der Waals surface area contributed by atoms with E-state index in [1.165, 1.54) is 19.4 Å². The fraction of sp³-hybridized carbons (Fsp3) is 0.500. The number of nitrogens with zero attached hydrogens (tertiary/aromatic N) is 4. The molecule has 5 nitrogen and oxygen atoms in total. The molecule has 0 unspecified atom stereocenters. The van der Waals surface area contributed by atoms with Crippen LogP contribution >= 0.6 is 0 Å². The first-order chi connectivity index (χ1) is 10.3. The summed E-state index contributed by atoms with van der Waals surface area (Å²) in [7, 11) is 1.44. The molecule has 2 aromatic heterocycles. The Morgan fingerprint density at radius 2 is 2.05 bits per heavy atom. The average Bonchev–Trinajstić information content (AvgIpc) is 3.17. The van der Waals surface area contributed by atoms with Crippen LogP contribution in [0, 0.1) is 12.8 Å². The first-order valence-corrected chi connectivity index (χ1v) is 6.92. The van der Waals surface area contributed by atoms with E-state index >= 15 is 0 Å². The number of hydrogen-bond acceptors (Lipinski definition) is 4. The van der Waals surface area contributed by atoms with Crippen LogP contribution < -0.4 is 4.74 Å². The molecule has 1 fully saturated rings. The Labute approximate surface area is 125 Å². The maximum Gasteiger partial charge on any atom is 0.435 e. The fourth-order valence-corrected chi connectivity index (χ4v) is 2.12. The van der Waals surface area contributed by atoms with E-state index in [1.807, 2.05) is 0 Å². The Morgan fingerprint density at radius 1 is 1.32 bits per heavy atom. The van der Waals surface area contributed by atoms with Crippen LogP contribution in [0.2, 0.25) is 0 Å². The third-order valence-electron chi connectivity index (χ3n) is 3.41. The molecule has 1 aliphatic carbocycles. The van der Waals surface area contributed by atoms with Crippen LogP contribution in [0.3, 0.4) is 0 Å². The lowest BCUT2D eigenvalue weighted by Gasteiger charge is -2.11. The van der Waals surface area contributed by atoms with Crippen LogP contribution in [0.1, 0.15) is 24.4 Å². The van der Waals surface area contributed by atoms with Crippen molar-refractivity contribution in [2.75, 3.05) is 6.61 Å². The molecule has 3 rings (SSSR count). The zero-order valence-electron chi connectivity index (χ0n) is 12.2. The topological polar surface area (TPSA) is 52.8 Å². The van der Waals surface area contributed by atoms with E-state index in [0.717, 1.165) is 17.5 Å². The third-order valence-corrected chi connectivity index (χ3v) is 3.41. The van der Waals surface area contributed by atoms with Crippen LogP contribution in [0.5, 0.6) is 5.88 Å². The highest BCUT2D eigenvalue weighted by Crippen LogP contribution is 2.39. The van der Waals surface area contributed by atoms with Crippen molar-refractivity contribution in [3.05, 3.63) is 23.9 Å². The van der Waals surface area contributed by atoms with Crippen molar-refractivity contribution in [3.8, 4) is 17.0 Å². The molecule has 0 bridgehead atoms. The Morgan fingerprint density at radius 3 is 2.68 bits per heavy atom. The standard InChI is InChI=1S/C14H15F3N4O/c1-8-18-5-10(13(19-8)22-7-9-3-4-9)11-6-21(2)20-12(11)14(15,16)17/h5-6,9H,3-4,7H2,1-2H3. The summed E-state index contributed by atoms with van der Waals surface area (Å²) in [4.78, 5) is 8.14. The van der Waals surface area contributed by atoms with E-state index in [-0.39, 0.29) is 17.0 Å². The van der Waals surface area contributed by atoms with Crippen molar-refractivity contribution in [2.24, 2.45) is 13.0 Å². The van der Waals surface area contributed by atoms with E-state index in [1.54, 1.807) is 6.92 Å². The van der Waals surface area contributed by atoms with Crippen LogP contribution in [0.15, 0.2) is 12.4 Å². The molecule has 1 saturated carbocycles. The Balaban J connectivity index is 2.03. The zero-order valence-corrected chi connectivity index (χ0v) is 12.2. The normalized spacial score (nSPS) is 15.1. The molecule has 22 heavy (non-hydrogen) atoms. The lowest BCUT2D eigenvalue weighted by Crippen LogP contribution is -2.09. The molecule has 118 valence electrons. The predicted octanol–water partition coefficient (Wildman–Crippen LogP) is 2.99. The number of aromatic nitrogens is 4. The lowest BCUT2D eigenvalue weighted by atomic mass is 10.1. The largest absolute Gasteiger partial charge is 0.477 e. The average molecular weight is 312 g/mol. The summed E-state index contributed by atoms with van der Waals surface area (Å²) in [6.45, 7) is 2.13. The summed E-state index contributed by atoms with van der Waals surface area (Å²) >= 11 is 0. The number of alkyl halides is 3. The molecule has 0 spiro atoms. The van der Waals surface area contributed by atoms with Gasteiger partial charge in [0.05, 0.1) is 12.2 Å². The van der Waals surface area contributed by atoms with Gasteiger partial charge in [-0.05, 0) is 25.7 Å². The summed E-state index contributed by atoms with van der Waals surface area (Å²) in [5.41, 5.74) is -0.814. The Bertz CT molecular complexity index is 692. The summed E-state index contributed by atoms with van der Waals surface area (Å²) in [5, 5.41) is 3.51. The van der Waals surface area contributed by atoms with Gasteiger partial charge in [-0.15, -0.1) is 0 Å². The van der Waals surface area contributed by atoms with E-state index in [2.05, 4.69) is 15.1 Å². The molecule has 0 saturated heterocycles. The van der Waals surface area contributed by atoms with Crippen LogP contribution in [-0.2, 0) is 13.2 Å². The van der Waals surface area contributed by atoms with Crippen LogP contribution in [0.4, 0.5) is 13.2 Å². The SMILES string of the molecule is Cc1ncc(-c2cn(C)nc2C(F)(F)F)c(OCC2CC2)n1. The number of aryl methyl sites for hydroxylation is 2. The van der Waals surface area contributed by atoms with Crippen LogP contribution in [-0.4, -0.2) is 26.4 Å². The highest BCUT2D eigenvalue weighted by molar-refractivity contribution is 5.70. The predicted molar refractivity (Wildman–Crippen MR) is 72.2 cm³/mol. The second kappa shape index (κ2) is 5.26. The van der Waals surface area contributed by atoms with Gasteiger partial charge in [-0.2, -0.15) is 23.3 Å². The second-order valence-electron chi connectivity index (χ2n) is 5.45. The van der Waals surface area contributed by atoms with Gasteiger partial charge in [0.15, 0.2) is 5.69 Å². The maximum absolute atomic E-state index is 13.1. The van der Waals surface area contributed by atoms with Crippen LogP contribution in [0.25, 0.3) is 11.1 Å². The van der Waals surface area contributed by atoms with Gasteiger partial charge >= 0.3 is 6.18 Å². The number of rotatable bonds is 4. The minimum absolute atomic E-state index is 0.0687. The van der Waals surface area contributed by atoms with Gasteiger partial charge in [0.1, 0.15) is 5.82 Å². The van der Waals surface area contributed by atoms with E-state index in [4.69, 9.17) is 4.74 Å². The summed E-state index contributed by atoms with van der Waals surface area (Å²) in [6.07, 6.45) is 0.285. The number of ether oxygens (including phenoxy) is 1. The monoisotopic (exact) mass is 312 g/mol. The third kappa shape index (κ3) is 3.05. The van der Waals surface area contributed by atoms with Gasteiger partial charge in [-0.1, -0.05) is 0 Å². The minimum atomic E-state index is -4.55. The molecule has 2 aromatic rings. The molecule has 0 aliphatic heterocycles. The minimum Gasteiger partial charge on any atom is -0.477 e. The van der Waals surface area contributed by atoms with Gasteiger partial charge in [0.2, 0.25) is 5.88 Å². The highest BCUT2D eigenvalue weighted by Gasteiger charge is 2.38. The molecule has 1 aliphatic rings. The summed E-state index contributed by atoms with van der Waals surface area (Å²) in [5.74, 6) is 1.10. The van der Waals surface area contributed by atoms with Crippen molar-refractivity contribution in [3.63, 3.8) is 0 Å². The van der Waals surface area contributed by atoms with E-state index in [0.29, 0.717) is 18.3 Å². The first kappa shape index (κ1) is 14.8. The van der Waals surface area contributed by atoms with Gasteiger partial charge in [-0.3, -0.25) is 4.68 Å². The van der Waals surface area contributed by atoms with Crippen molar-refractivity contribution >= 4 is 0 Å². The maximum atomic E-state index is 13.1. The molecule has 8 heteroatoms. The zero-order chi connectivity index (χ0) is 15.9. The van der Waals surface area contributed by atoms with E-state index < -0.39 is 11.9 Å². The van der Waals surface area contributed by atoms with Gasteiger partial charge in [0, 0.05) is 25.0 Å².